The van der Waals surface area contributed by atoms with E-state index in [9.17, 15) is 4.79 Å². The van der Waals surface area contributed by atoms with Crippen molar-refractivity contribution in [3.63, 3.8) is 0 Å². The number of carbonyl (C=O) groups is 1. The van der Waals surface area contributed by atoms with Gasteiger partial charge in [0.05, 0.1) is 12.1 Å². The molecule has 2 unspecified atom stereocenters. The maximum Gasteiger partial charge on any atom is 0.236 e. The third-order valence-corrected chi connectivity index (χ3v) is 2.86. The summed E-state index contributed by atoms with van der Waals surface area (Å²) in [6, 6.07) is -0.252. The van der Waals surface area contributed by atoms with E-state index in [1.165, 1.54) is 0 Å². The van der Waals surface area contributed by atoms with Crippen LogP contribution < -0.4 is 10.6 Å². The fourth-order valence-electron chi connectivity index (χ4n) is 1.75. The number of hydrogen-bond acceptors (Lipinski definition) is 4. The summed E-state index contributed by atoms with van der Waals surface area (Å²) in [6.07, 6.45) is 3.74. The van der Waals surface area contributed by atoms with Crippen LogP contribution in [0.2, 0.25) is 0 Å². The molecular weight excluding hydrogens is 230 g/mol. The molecule has 6 heteroatoms. The molecule has 0 aliphatic rings. The molecule has 0 aliphatic carbocycles. The Morgan fingerprint density at radius 3 is 2.78 bits per heavy atom. The van der Waals surface area contributed by atoms with Crippen LogP contribution in [-0.4, -0.2) is 33.3 Å². The summed E-state index contributed by atoms with van der Waals surface area (Å²) in [5.41, 5.74) is 0. The van der Waals surface area contributed by atoms with Crippen molar-refractivity contribution in [1.82, 2.24) is 25.4 Å². The van der Waals surface area contributed by atoms with Crippen molar-refractivity contribution in [1.29, 1.82) is 0 Å². The summed E-state index contributed by atoms with van der Waals surface area (Å²) in [5.74, 6) is 0.848. The van der Waals surface area contributed by atoms with E-state index in [0.717, 1.165) is 25.2 Å². The average molecular weight is 253 g/mol. The monoisotopic (exact) mass is 253 g/mol. The van der Waals surface area contributed by atoms with E-state index in [4.69, 9.17) is 0 Å². The minimum absolute atomic E-state index is 0.00979. The number of aryl methyl sites for hydroxylation is 1. The Labute approximate surface area is 108 Å². The van der Waals surface area contributed by atoms with E-state index in [1.807, 2.05) is 25.5 Å². The van der Waals surface area contributed by atoms with Gasteiger partial charge in [0.2, 0.25) is 5.91 Å². The van der Waals surface area contributed by atoms with Crippen LogP contribution in [0.5, 0.6) is 0 Å². The van der Waals surface area contributed by atoms with E-state index in [2.05, 4.69) is 27.8 Å². The van der Waals surface area contributed by atoms with E-state index in [1.54, 1.807) is 6.33 Å². The predicted molar refractivity (Wildman–Crippen MR) is 69.9 cm³/mol. The van der Waals surface area contributed by atoms with Gasteiger partial charge < -0.3 is 9.88 Å². The van der Waals surface area contributed by atoms with Crippen LogP contribution in [0.15, 0.2) is 6.33 Å². The Kier molecular flexibility index (Phi) is 5.77. The van der Waals surface area contributed by atoms with Crippen molar-refractivity contribution in [3.05, 3.63) is 12.2 Å². The fourth-order valence-corrected chi connectivity index (χ4v) is 1.75. The van der Waals surface area contributed by atoms with Crippen LogP contribution in [0.4, 0.5) is 0 Å². The maximum atomic E-state index is 11.8. The minimum Gasteiger partial charge on any atom is -0.355 e. The molecule has 6 nitrogen and oxygen atoms in total. The van der Waals surface area contributed by atoms with Gasteiger partial charge in [0.15, 0.2) is 0 Å². The van der Waals surface area contributed by atoms with Crippen molar-refractivity contribution in [2.45, 2.75) is 45.7 Å². The van der Waals surface area contributed by atoms with E-state index in [0.29, 0.717) is 0 Å². The smallest absolute Gasteiger partial charge is 0.236 e. The Balaban J connectivity index is 2.42. The minimum atomic E-state index is -0.242. The zero-order valence-electron chi connectivity index (χ0n) is 11.6. The summed E-state index contributed by atoms with van der Waals surface area (Å²) >= 11 is 0. The molecule has 0 spiro atoms. The van der Waals surface area contributed by atoms with Crippen LogP contribution in [0.25, 0.3) is 0 Å². The molecule has 1 amide bonds. The number of nitrogens with one attached hydrogen (secondary N) is 2. The molecule has 0 bridgehead atoms. The van der Waals surface area contributed by atoms with Gasteiger partial charge in [-0.1, -0.05) is 13.3 Å². The fraction of sp³-hybridized carbons (Fsp3) is 0.750. The average Bonchev–Trinajstić information content (AvgIpc) is 2.75. The second-order valence-electron chi connectivity index (χ2n) is 4.55. The number of nitrogens with zero attached hydrogens (tertiary/aromatic N) is 3. The lowest BCUT2D eigenvalue weighted by atomic mass is 10.2. The molecule has 0 aromatic carbocycles. The first-order chi connectivity index (χ1) is 8.56. The van der Waals surface area contributed by atoms with Gasteiger partial charge in [0.1, 0.15) is 12.2 Å². The molecule has 0 aliphatic heterocycles. The SMILES string of the molecule is CCCCNC(=O)C(C)NC(C)c1nncn1C. The van der Waals surface area contributed by atoms with Gasteiger partial charge in [-0.05, 0) is 20.3 Å². The molecule has 1 aromatic rings. The summed E-state index contributed by atoms with van der Waals surface area (Å²) < 4.78 is 1.85. The zero-order valence-corrected chi connectivity index (χ0v) is 11.6. The van der Waals surface area contributed by atoms with Crippen molar-refractivity contribution in [2.24, 2.45) is 7.05 Å². The van der Waals surface area contributed by atoms with Gasteiger partial charge in [-0.15, -0.1) is 10.2 Å². The second-order valence-corrected chi connectivity index (χ2v) is 4.55. The van der Waals surface area contributed by atoms with Gasteiger partial charge in [0.25, 0.3) is 0 Å². The number of unbranched alkanes of at least 4 members (excludes halogenated alkanes) is 1. The Morgan fingerprint density at radius 1 is 1.50 bits per heavy atom. The number of carbonyl (C=O) groups excluding carboxylic acids is 1. The molecule has 0 fully saturated rings. The first-order valence-electron chi connectivity index (χ1n) is 6.44. The van der Waals surface area contributed by atoms with Crippen LogP contribution in [-0.2, 0) is 11.8 Å². The molecule has 102 valence electrons. The van der Waals surface area contributed by atoms with Crippen molar-refractivity contribution in [2.75, 3.05) is 6.54 Å². The topological polar surface area (TPSA) is 71.8 Å². The second kappa shape index (κ2) is 7.10. The normalized spacial score (nSPS) is 14.2. The van der Waals surface area contributed by atoms with Gasteiger partial charge in [-0.2, -0.15) is 0 Å². The highest BCUT2D eigenvalue weighted by Gasteiger charge is 2.18. The van der Waals surface area contributed by atoms with Crippen LogP contribution >= 0.6 is 0 Å². The maximum absolute atomic E-state index is 11.8. The lowest BCUT2D eigenvalue weighted by Crippen LogP contribution is -2.43. The largest absolute Gasteiger partial charge is 0.355 e. The van der Waals surface area contributed by atoms with Crippen molar-refractivity contribution >= 4 is 5.91 Å². The van der Waals surface area contributed by atoms with E-state index >= 15 is 0 Å². The Bertz CT molecular complexity index is 376. The molecule has 0 saturated carbocycles. The lowest BCUT2D eigenvalue weighted by molar-refractivity contribution is -0.122. The zero-order chi connectivity index (χ0) is 13.5. The van der Waals surface area contributed by atoms with Crippen LogP contribution in [0.1, 0.15) is 45.5 Å². The first-order valence-corrected chi connectivity index (χ1v) is 6.44. The van der Waals surface area contributed by atoms with Gasteiger partial charge >= 0.3 is 0 Å². The highest BCUT2D eigenvalue weighted by atomic mass is 16.2. The summed E-state index contributed by atoms with van der Waals surface area (Å²) in [7, 11) is 1.89. The van der Waals surface area contributed by atoms with Crippen molar-refractivity contribution in [3.8, 4) is 0 Å². The van der Waals surface area contributed by atoms with Gasteiger partial charge in [-0.25, -0.2) is 0 Å². The van der Waals surface area contributed by atoms with E-state index < -0.39 is 0 Å². The molecule has 0 radical (unpaired) electrons. The first kappa shape index (κ1) is 14.6. The standard InChI is InChI=1S/C12H23N5O/c1-5-6-7-13-12(18)10(3)15-9(2)11-16-14-8-17(11)4/h8-10,15H,5-7H2,1-4H3,(H,13,18). The highest BCUT2D eigenvalue weighted by molar-refractivity contribution is 5.81. The lowest BCUT2D eigenvalue weighted by Gasteiger charge is -2.18. The molecule has 1 heterocycles. The molecule has 18 heavy (non-hydrogen) atoms. The Morgan fingerprint density at radius 2 is 2.22 bits per heavy atom. The highest BCUT2D eigenvalue weighted by Crippen LogP contribution is 2.08. The third-order valence-electron chi connectivity index (χ3n) is 2.86. The van der Waals surface area contributed by atoms with Crippen LogP contribution in [0.3, 0.4) is 0 Å². The molecule has 2 N–H and O–H groups in total. The molecule has 1 aromatic heterocycles. The number of amides is 1. The molecular formula is C12H23N5O. The van der Waals surface area contributed by atoms with Crippen molar-refractivity contribution < 1.29 is 4.79 Å². The Hall–Kier alpha value is -1.43. The number of aromatic nitrogens is 3. The summed E-state index contributed by atoms with van der Waals surface area (Å²) in [4.78, 5) is 11.8. The molecule has 2 atom stereocenters. The number of hydrogen-bond donors (Lipinski definition) is 2. The van der Waals surface area contributed by atoms with E-state index in [-0.39, 0.29) is 18.0 Å². The summed E-state index contributed by atoms with van der Waals surface area (Å²) in [5, 5.41) is 14.0. The number of rotatable bonds is 7. The molecule has 0 saturated heterocycles. The van der Waals surface area contributed by atoms with Gasteiger partial charge in [-0.3, -0.25) is 10.1 Å². The third kappa shape index (κ3) is 4.10. The van der Waals surface area contributed by atoms with Crippen LogP contribution in [0, 0.1) is 0 Å². The predicted octanol–water partition coefficient (Wildman–Crippen LogP) is 0.770. The van der Waals surface area contributed by atoms with Gasteiger partial charge in [0, 0.05) is 13.6 Å². The quantitative estimate of drug-likeness (QED) is 0.704. The summed E-state index contributed by atoms with van der Waals surface area (Å²) in [6.45, 7) is 6.66. The molecule has 1 rings (SSSR count).